The number of phenols is 3. The van der Waals surface area contributed by atoms with Gasteiger partial charge in [-0.1, -0.05) is 0 Å². The van der Waals surface area contributed by atoms with Gasteiger partial charge >= 0.3 is 0 Å². The van der Waals surface area contributed by atoms with Crippen molar-refractivity contribution in [1.82, 2.24) is 0 Å². The first-order valence-electron chi connectivity index (χ1n) is 16.4. The predicted octanol–water partition coefficient (Wildman–Crippen LogP) is -3.19. The first-order valence-corrected chi connectivity index (χ1v) is 16.4. The molecule has 15 atom stereocenters. The second-order valence-corrected chi connectivity index (χ2v) is 13.1. The number of aromatic hydroxyl groups is 3. The van der Waals surface area contributed by atoms with Gasteiger partial charge in [-0.15, -0.1) is 0 Å². The summed E-state index contributed by atoms with van der Waals surface area (Å²) in [6, 6.07) is 5.31. The molecule has 3 saturated heterocycles. The van der Waals surface area contributed by atoms with Crippen molar-refractivity contribution in [3.8, 4) is 40.1 Å². The summed E-state index contributed by atoms with van der Waals surface area (Å²) in [6.07, 6.45) is -24.0. The lowest BCUT2D eigenvalue weighted by Gasteiger charge is -2.42. The predicted molar refractivity (Wildman–Crippen MR) is 172 cm³/mol. The first-order chi connectivity index (χ1) is 25.0. The van der Waals surface area contributed by atoms with Crippen LogP contribution in [0.3, 0.4) is 0 Å². The summed E-state index contributed by atoms with van der Waals surface area (Å²) in [5, 5.41) is 124. The van der Waals surface area contributed by atoms with E-state index in [2.05, 4.69) is 0 Å². The first kappa shape index (κ1) is 38.8. The SMILES string of the molecule is C[C@H]1O[C@@H](Oc2cc(O)c3c(=O)c(O[C@@H]4O[C@H](CO[C@H]5O[C@H](C)[C@H](O)[C@@H](O)[C@H]5O)[C@@H](O)[C@H](O)[C@H]4O)c(-c4ccc(O)c(O)c4)oc3c2)[C@H](O)[C@H](O)[C@H]1O. The van der Waals surface area contributed by atoms with Gasteiger partial charge in [-0.05, 0) is 32.0 Å². The van der Waals surface area contributed by atoms with Crippen LogP contribution in [0.25, 0.3) is 22.3 Å². The summed E-state index contributed by atoms with van der Waals surface area (Å²) in [5.74, 6) is -3.42. The van der Waals surface area contributed by atoms with Gasteiger partial charge in [0.1, 0.15) is 83.5 Å². The summed E-state index contributed by atoms with van der Waals surface area (Å²) in [5.41, 5.74) is -1.55. The minimum absolute atomic E-state index is 0.0962. The molecule has 3 fully saturated rings. The molecule has 20 nitrogen and oxygen atoms in total. The number of hydrogen-bond acceptors (Lipinski definition) is 20. The van der Waals surface area contributed by atoms with E-state index in [4.69, 9.17) is 32.8 Å². The maximum atomic E-state index is 14.0. The lowest BCUT2D eigenvalue weighted by molar-refractivity contribution is -0.318. The Morgan fingerprint density at radius 2 is 1.17 bits per heavy atom. The molecule has 6 rings (SSSR count). The largest absolute Gasteiger partial charge is 0.507 e. The Hall–Kier alpha value is -3.87. The molecule has 1 aromatic heterocycles. The molecule has 3 aliphatic heterocycles. The molecule has 0 saturated carbocycles. The highest BCUT2D eigenvalue weighted by Crippen LogP contribution is 2.40. The second kappa shape index (κ2) is 15.1. The highest BCUT2D eigenvalue weighted by Gasteiger charge is 2.48. The molecule has 0 aliphatic carbocycles. The zero-order chi connectivity index (χ0) is 38.6. The van der Waals surface area contributed by atoms with Crippen molar-refractivity contribution < 1.29 is 94.1 Å². The number of hydrogen-bond donors (Lipinski definition) is 12. The molecule has 0 spiro atoms. The van der Waals surface area contributed by atoms with Gasteiger partial charge in [-0.2, -0.15) is 0 Å². The van der Waals surface area contributed by atoms with Gasteiger partial charge in [0, 0.05) is 17.7 Å². The maximum absolute atomic E-state index is 14.0. The fourth-order valence-corrected chi connectivity index (χ4v) is 6.14. The normalized spacial score (nSPS) is 37.8. The van der Waals surface area contributed by atoms with Crippen molar-refractivity contribution >= 4 is 11.0 Å². The van der Waals surface area contributed by atoms with Gasteiger partial charge in [0.15, 0.2) is 23.5 Å². The highest BCUT2D eigenvalue weighted by molar-refractivity contribution is 5.88. The van der Waals surface area contributed by atoms with Crippen LogP contribution in [0.5, 0.6) is 28.7 Å². The zero-order valence-electron chi connectivity index (χ0n) is 27.9. The molecule has 0 bridgehead atoms. The Morgan fingerprint density at radius 3 is 1.79 bits per heavy atom. The molecule has 4 heterocycles. The van der Waals surface area contributed by atoms with E-state index in [0.717, 1.165) is 24.3 Å². The molecule has 3 aliphatic rings. The van der Waals surface area contributed by atoms with Crippen molar-refractivity contribution in [2.24, 2.45) is 0 Å². The number of fused-ring (bicyclic) bond motifs is 1. The topological polar surface area (TPSA) is 328 Å². The zero-order valence-corrected chi connectivity index (χ0v) is 27.9. The summed E-state index contributed by atoms with van der Waals surface area (Å²) < 4.78 is 39.3. The van der Waals surface area contributed by atoms with Crippen LogP contribution in [-0.2, 0) is 18.9 Å². The van der Waals surface area contributed by atoms with E-state index in [1.54, 1.807) is 0 Å². The summed E-state index contributed by atoms with van der Waals surface area (Å²) in [4.78, 5) is 14.0. The van der Waals surface area contributed by atoms with E-state index in [1.807, 2.05) is 0 Å². The van der Waals surface area contributed by atoms with Gasteiger partial charge < -0.3 is 94.1 Å². The smallest absolute Gasteiger partial charge is 0.239 e. The Bertz CT molecular complexity index is 1830. The van der Waals surface area contributed by atoms with Gasteiger partial charge in [-0.25, -0.2) is 0 Å². The molecule has 3 aromatic rings. The van der Waals surface area contributed by atoms with Crippen LogP contribution >= 0.6 is 0 Å². The molecule has 0 radical (unpaired) electrons. The highest BCUT2D eigenvalue weighted by atomic mass is 16.7. The lowest BCUT2D eigenvalue weighted by Crippen LogP contribution is -2.61. The Kier molecular flexibility index (Phi) is 11.1. The molecular formula is C33H40O20. The van der Waals surface area contributed by atoms with Crippen molar-refractivity contribution in [2.45, 2.75) is 106 Å². The lowest BCUT2D eigenvalue weighted by atomic mass is 9.98. The van der Waals surface area contributed by atoms with Gasteiger partial charge in [0.2, 0.25) is 23.8 Å². The van der Waals surface area contributed by atoms with Gasteiger partial charge in [-0.3, -0.25) is 4.79 Å². The Labute approximate surface area is 298 Å². The Morgan fingerprint density at radius 1 is 0.604 bits per heavy atom. The summed E-state index contributed by atoms with van der Waals surface area (Å²) in [6.45, 7) is 2.18. The molecular weight excluding hydrogens is 716 g/mol. The molecule has 12 N–H and O–H groups in total. The molecule has 2 aromatic carbocycles. The average Bonchev–Trinajstić information content (AvgIpc) is 3.12. The molecule has 0 unspecified atom stereocenters. The van der Waals surface area contributed by atoms with E-state index in [1.165, 1.54) is 19.9 Å². The summed E-state index contributed by atoms with van der Waals surface area (Å²) in [7, 11) is 0. The molecule has 0 amide bonds. The van der Waals surface area contributed by atoms with Crippen molar-refractivity contribution in [3.05, 3.63) is 40.6 Å². The maximum Gasteiger partial charge on any atom is 0.239 e. The standard InChI is InChI=1S/C33H40O20/c1-9-19(37)23(41)26(44)31(48-9)47-8-17-21(39)25(43)28(46)33(52-17)53-30-22(40)18-15(36)6-12(50-32-27(45)24(42)20(38)10(2)49-32)7-16(18)51-29(30)11-3-4-13(34)14(35)5-11/h3-7,9-10,17,19-21,23-28,31-39,41-46H,8H2,1-2H3/t9-,10-,17-,19+,20+,21-,23-,24-,25+,26-,27-,28-,31+,32+,33+/m1/s1. The van der Waals surface area contributed by atoms with E-state index in [9.17, 15) is 66.1 Å². The van der Waals surface area contributed by atoms with Crippen LogP contribution in [0.15, 0.2) is 39.5 Å². The van der Waals surface area contributed by atoms with Crippen molar-refractivity contribution in [3.63, 3.8) is 0 Å². The number of ether oxygens (including phenoxy) is 6. The quantitative estimate of drug-likeness (QED) is 0.101. The fraction of sp³-hybridized carbons (Fsp3) is 0.545. The monoisotopic (exact) mass is 756 g/mol. The van der Waals surface area contributed by atoms with Crippen LogP contribution in [0.2, 0.25) is 0 Å². The van der Waals surface area contributed by atoms with Gasteiger partial charge in [0.05, 0.1) is 18.8 Å². The third-order valence-corrected chi connectivity index (χ3v) is 9.34. The van der Waals surface area contributed by atoms with E-state index in [0.29, 0.717) is 0 Å². The van der Waals surface area contributed by atoms with Crippen LogP contribution in [0.4, 0.5) is 0 Å². The number of benzene rings is 2. The number of rotatable bonds is 8. The minimum Gasteiger partial charge on any atom is -0.507 e. The van der Waals surface area contributed by atoms with Gasteiger partial charge in [0.25, 0.3) is 0 Å². The van der Waals surface area contributed by atoms with Crippen LogP contribution in [0, 0.1) is 0 Å². The third kappa shape index (κ3) is 7.34. The van der Waals surface area contributed by atoms with E-state index >= 15 is 0 Å². The molecule has 292 valence electrons. The van der Waals surface area contributed by atoms with E-state index in [-0.39, 0.29) is 16.9 Å². The van der Waals surface area contributed by atoms with Crippen LogP contribution in [0.1, 0.15) is 13.8 Å². The van der Waals surface area contributed by atoms with Crippen LogP contribution < -0.4 is 14.9 Å². The van der Waals surface area contributed by atoms with E-state index < -0.39 is 138 Å². The minimum atomic E-state index is -2.03. The molecule has 53 heavy (non-hydrogen) atoms. The average molecular weight is 757 g/mol. The van der Waals surface area contributed by atoms with Crippen molar-refractivity contribution in [1.29, 1.82) is 0 Å². The Balaban J connectivity index is 1.34. The fourth-order valence-electron chi connectivity index (χ4n) is 6.14. The third-order valence-electron chi connectivity index (χ3n) is 9.34. The number of phenolic OH excluding ortho intramolecular Hbond substituents is 3. The number of aliphatic hydroxyl groups is 9. The van der Waals surface area contributed by atoms with Crippen LogP contribution in [-0.4, -0.2) is 160 Å². The summed E-state index contributed by atoms with van der Waals surface area (Å²) >= 11 is 0. The van der Waals surface area contributed by atoms with Crippen molar-refractivity contribution in [2.75, 3.05) is 6.61 Å². The number of aliphatic hydroxyl groups excluding tert-OH is 9. The second-order valence-electron chi connectivity index (χ2n) is 13.1. The molecule has 20 heteroatoms.